The van der Waals surface area contributed by atoms with Gasteiger partial charge in [0.2, 0.25) is 0 Å². The molecular weight excluding hydrogens is 387 g/mol. The van der Waals surface area contributed by atoms with Crippen LogP contribution < -0.4 is 10.5 Å². The third kappa shape index (κ3) is 2.90. The zero-order valence-corrected chi connectivity index (χ0v) is 16.5. The van der Waals surface area contributed by atoms with Gasteiger partial charge in [-0.25, -0.2) is 9.37 Å². The van der Waals surface area contributed by atoms with Gasteiger partial charge in [-0.3, -0.25) is 0 Å². The molecule has 4 aromatic rings. The molecule has 0 spiro atoms. The van der Waals surface area contributed by atoms with Gasteiger partial charge in [0.25, 0.3) is 0 Å². The maximum absolute atomic E-state index is 14.1. The van der Waals surface area contributed by atoms with Crippen molar-refractivity contribution in [3.63, 3.8) is 0 Å². The van der Waals surface area contributed by atoms with E-state index in [9.17, 15) is 4.39 Å². The molecule has 0 aliphatic carbocycles. The Morgan fingerprint density at radius 2 is 2.17 bits per heavy atom. The second kappa shape index (κ2) is 6.94. The van der Waals surface area contributed by atoms with Gasteiger partial charge in [0.15, 0.2) is 23.2 Å². The zero-order chi connectivity index (χ0) is 20.8. The van der Waals surface area contributed by atoms with Gasteiger partial charge in [-0.1, -0.05) is 12.1 Å². The van der Waals surface area contributed by atoms with Gasteiger partial charge >= 0.3 is 0 Å². The van der Waals surface area contributed by atoms with Crippen molar-refractivity contribution in [2.24, 2.45) is 0 Å². The van der Waals surface area contributed by atoms with Crippen LogP contribution in [0.1, 0.15) is 37.0 Å². The van der Waals surface area contributed by atoms with E-state index in [0.29, 0.717) is 41.4 Å². The van der Waals surface area contributed by atoms with Crippen LogP contribution in [0, 0.1) is 5.82 Å². The molecule has 1 aliphatic heterocycles. The number of nitrogens with zero attached hydrogens (tertiary/aromatic N) is 5. The van der Waals surface area contributed by atoms with Gasteiger partial charge in [-0.2, -0.15) is 0 Å². The first kappa shape index (κ1) is 18.3. The minimum absolute atomic E-state index is 0.250. The van der Waals surface area contributed by atoms with Crippen LogP contribution in [0.4, 0.5) is 10.2 Å². The average molecular weight is 406 g/mol. The fourth-order valence-electron chi connectivity index (χ4n) is 3.79. The molecule has 0 amide bonds. The molecule has 1 unspecified atom stereocenters. The van der Waals surface area contributed by atoms with Crippen LogP contribution in [-0.4, -0.2) is 24.9 Å². The Labute approximate surface area is 171 Å². The summed E-state index contributed by atoms with van der Waals surface area (Å²) in [5, 5.41) is 12.6. The molecule has 0 radical (unpaired) electrons. The number of rotatable bonds is 1. The second-order valence-electron chi connectivity index (χ2n) is 7.16. The summed E-state index contributed by atoms with van der Waals surface area (Å²) >= 11 is 0. The van der Waals surface area contributed by atoms with Crippen molar-refractivity contribution in [1.82, 2.24) is 24.9 Å². The van der Waals surface area contributed by atoms with E-state index < -0.39 is 6.10 Å². The van der Waals surface area contributed by atoms with Gasteiger partial charge in [0, 0.05) is 22.9 Å². The van der Waals surface area contributed by atoms with Crippen LogP contribution >= 0.6 is 0 Å². The lowest BCUT2D eigenvalue weighted by Gasteiger charge is -2.20. The minimum atomic E-state index is -0.507. The first-order valence-corrected chi connectivity index (χ1v) is 9.62. The summed E-state index contributed by atoms with van der Waals surface area (Å²) in [4.78, 5) is 4.30. The fraction of sp³-hybridized carbons (Fsp3) is 0.238. The number of aromatic nitrogens is 5. The molecule has 2 N–H and O–H groups in total. The number of aryl methyl sites for hydroxylation is 1. The minimum Gasteiger partial charge on any atom is -0.482 e. The monoisotopic (exact) mass is 406 g/mol. The molecule has 152 valence electrons. The number of pyridine rings is 1. The Bertz CT molecular complexity index is 1250. The highest BCUT2D eigenvalue weighted by Crippen LogP contribution is 2.37. The summed E-state index contributed by atoms with van der Waals surface area (Å²) in [7, 11) is 0. The summed E-state index contributed by atoms with van der Waals surface area (Å²) < 4.78 is 27.8. The number of fused-ring (bicyclic) bond motifs is 7. The van der Waals surface area contributed by atoms with E-state index in [1.807, 2.05) is 24.5 Å². The predicted octanol–water partition coefficient (Wildman–Crippen LogP) is 3.78. The zero-order valence-electron chi connectivity index (χ0n) is 16.5. The van der Waals surface area contributed by atoms with Crippen molar-refractivity contribution in [3.8, 4) is 28.3 Å². The number of halogens is 1. The number of hydrogen-bond acceptors (Lipinski definition) is 7. The number of benzene rings is 1. The maximum atomic E-state index is 14.1. The molecular formula is C21H19FN6O2. The standard InChI is InChI=1S/C21H19FN6O2/c1-3-16-19-12-6-17(20(23)24-8-12)29-11(2)15-7-13(22)4-5-14(15)21-26-25-10-28(21)9-18(19)30-27-16/h4-8,10-11H,3,9H2,1-2H3,(H2,23,24). The van der Waals surface area contributed by atoms with Gasteiger partial charge in [-0.05, 0) is 37.6 Å². The molecule has 5 rings (SSSR count). The van der Waals surface area contributed by atoms with Gasteiger partial charge in [0.1, 0.15) is 18.2 Å². The highest BCUT2D eigenvalue weighted by molar-refractivity contribution is 5.71. The molecule has 9 heteroatoms. The molecule has 3 aromatic heterocycles. The number of hydrogen-bond donors (Lipinski definition) is 1. The topological polar surface area (TPSA) is 105 Å². The van der Waals surface area contributed by atoms with Crippen LogP contribution in [0.2, 0.25) is 0 Å². The van der Waals surface area contributed by atoms with Crippen LogP contribution in [-0.2, 0) is 13.0 Å². The fourth-order valence-corrected chi connectivity index (χ4v) is 3.79. The van der Waals surface area contributed by atoms with E-state index >= 15 is 0 Å². The van der Waals surface area contributed by atoms with Crippen molar-refractivity contribution in [3.05, 3.63) is 59.6 Å². The van der Waals surface area contributed by atoms with Crippen LogP contribution in [0.5, 0.6) is 5.75 Å². The summed E-state index contributed by atoms with van der Waals surface area (Å²) in [5.74, 6) is 1.51. The summed E-state index contributed by atoms with van der Waals surface area (Å²) in [6, 6.07) is 6.32. The first-order chi connectivity index (χ1) is 14.5. The average Bonchev–Trinajstić information content (AvgIpc) is 3.36. The van der Waals surface area contributed by atoms with E-state index in [1.165, 1.54) is 12.1 Å². The highest BCUT2D eigenvalue weighted by atomic mass is 19.1. The smallest absolute Gasteiger partial charge is 0.166 e. The number of nitrogens with two attached hydrogens (primary N) is 1. The Balaban J connectivity index is 1.79. The Morgan fingerprint density at radius 3 is 3.00 bits per heavy atom. The Kier molecular flexibility index (Phi) is 4.23. The lowest BCUT2D eigenvalue weighted by molar-refractivity contribution is 0.227. The first-order valence-electron chi connectivity index (χ1n) is 9.62. The summed E-state index contributed by atoms with van der Waals surface area (Å²) in [6.07, 6.45) is 3.47. The van der Waals surface area contributed by atoms with Gasteiger partial charge < -0.3 is 19.6 Å². The Hall–Kier alpha value is -3.75. The predicted molar refractivity (Wildman–Crippen MR) is 107 cm³/mol. The van der Waals surface area contributed by atoms with E-state index in [4.69, 9.17) is 15.0 Å². The lowest BCUT2D eigenvalue weighted by atomic mass is 10.0. The molecule has 1 aliphatic rings. The maximum Gasteiger partial charge on any atom is 0.166 e. The molecule has 30 heavy (non-hydrogen) atoms. The molecule has 0 saturated carbocycles. The van der Waals surface area contributed by atoms with E-state index in [-0.39, 0.29) is 11.6 Å². The lowest BCUT2D eigenvalue weighted by Crippen LogP contribution is -2.11. The van der Waals surface area contributed by atoms with Crippen molar-refractivity contribution in [1.29, 1.82) is 0 Å². The molecule has 1 atom stereocenters. The molecule has 4 heterocycles. The van der Waals surface area contributed by atoms with Crippen molar-refractivity contribution in [2.75, 3.05) is 5.73 Å². The third-order valence-corrected chi connectivity index (χ3v) is 5.26. The van der Waals surface area contributed by atoms with Crippen molar-refractivity contribution < 1.29 is 13.7 Å². The quantitative estimate of drug-likeness (QED) is 0.513. The number of ether oxygens (including phenoxy) is 1. The second-order valence-corrected chi connectivity index (χ2v) is 7.16. The van der Waals surface area contributed by atoms with Crippen LogP contribution in [0.15, 0.2) is 41.3 Å². The molecule has 2 bridgehead atoms. The van der Waals surface area contributed by atoms with Crippen molar-refractivity contribution in [2.45, 2.75) is 32.9 Å². The normalized spacial score (nSPS) is 15.2. The van der Waals surface area contributed by atoms with Gasteiger partial charge in [-0.15, -0.1) is 10.2 Å². The van der Waals surface area contributed by atoms with Gasteiger partial charge in [0.05, 0.1) is 17.8 Å². The largest absolute Gasteiger partial charge is 0.482 e. The van der Waals surface area contributed by atoms with Crippen LogP contribution in [0.25, 0.3) is 22.5 Å². The van der Waals surface area contributed by atoms with E-state index in [0.717, 1.165) is 16.8 Å². The molecule has 0 saturated heterocycles. The number of anilines is 1. The summed E-state index contributed by atoms with van der Waals surface area (Å²) in [6.45, 7) is 4.20. The van der Waals surface area contributed by atoms with Crippen LogP contribution in [0.3, 0.4) is 0 Å². The number of nitrogen functional groups attached to an aromatic ring is 1. The molecule has 8 nitrogen and oxygen atoms in total. The van der Waals surface area contributed by atoms with Crippen molar-refractivity contribution >= 4 is 5.82 Å². The highest BCUT2D eigenvalue weighted by Gasteiger charge is 2.24. The van der Waals surface area contributed by atoms with E-state index in [1.54, 1.807) is 18.6 Å². The third-order valence-electron chi connectivity index (χ3n) is 5.26. The summed E-state index contributed by atoms with van der Waals surface area (Å²) in [5.41, 5.74) is 9.86. The van der Waals surface area contributed by atoms with E-state index in [2.05, 4.69) is 20.3 Å². The molecule has 0 fully saturated rings. The molecule has 1 aromatic carbocycles. The SMILES string of the molecule is CCc1noc2c1-c1cnc(N)c(c1)OC(C)c1cc(F)ccc1-c1nncn1C2. The Morgan fingerprint density at radius 1 is 1.30 bits per heavy atom.